The lowest BCUT2D eigenvalue weighted by atomic mass is 9.94. The molecular weight excluding hydrogens is 480 g/mol. The topological polar surface area (TPSA) is 118 Å². The van der Waals surface area contributed by atoms with Crippen LogP contribution in [0.1, 0.15) is 23.6 Å². The maximum absolute atomic E-state index is 13.0. The Balaban J connectivity index is 1.91. The highest BCUT2D eigenvalue weighted by atomic mass is 32.2. The molecule has 0 aliphatic carbocycles. The van der Waals surface area contributed by atoms with E-state index in [0.717, 1.165) is 21.9 Å². The van der Waals surface area contributed by atoms with Crippen LogP contribution in [-0.2, 0) is 27.3 Å². The fourth-order valence-electron chi connectivity index (χ4n) is 4.86. The molecule has 3 aromatic carbocycles. The summed E-state index contributed by atoms with van der Waals surface area (Å²) in [7, 11) is 0. The molecule has 9 heteroatoms. The minimum absolute atomic E-state index is 0.00906. The number of aromatic hydroxyl groups is 1. The first-order valence-corrected chi connectivity index (χ1v) is 12.6. The fraction of sp³-hybridized carbons (Fsp3) is 0.296. The summed E-state index contributed by atoms with van der Waals surface area (Å²) < 4.78 is 0. The summed E-state index contributed by atoms with van der Waals surface area (Å²) in [5.74, 6) is -2.66. The lowest BCUT2D eigenvalue weighted by molar-refractivity contribution is -0.177. The largest absolute Gasteiger partial charge is 0.508 e. The molecule has 1 aliphatic heterocycles. The molecule has 3 aromatic rings. The molecular formula is C27H28N2O6S. The molecule has 1 saturated heterocycles. The normalized spacial score (nSPS) is 18.5. The van der Waals surface area contributed by atoms with Crippen molar-refractivity contribution >= 4 is 40.4 Å². The first-order valence-electron chi connectivity index (χ1n) is 11.5. The predicted molar refractivity (Wildman–Crippen MR) is 138 cm³/mol. The molecule has 0 saturated carbocycles. The van der Waals surface area contributed by atoms with Gasteiger partial charge in [-0.25, -0.2) is 4.79 Å². The average Bonchev–Trinajstić information content (AvgIpc) is 3.30. The van der Waals surface area contributed by atoms with E-state index in [-0.39, 0.29) is 30.3 Å². The molecule has 0 spiro atoms. The minimum atomic E-state index is -1.85. The lowest BCUT2D eigenvalue weighted by Crippen LogP contribution is -2.68. The third-order valence-electron chi connectivity index (χ3n) is 6.80. The van der Waals surface area contributed by atoms with Crippen molar-refractivity contribution in [2.24, 2.45) is 0 Å². The Morgan fingerprint density at radius 2 is 1.75 bits per heavy atom. The van der Waals surface area contributed by atoms with E-state index in [1.165, 1.54) is 40.6 Å². The Morgan fingerprint density at radius 1 is 1.06 bits per heavy atom. The summed E-state index contributed by atoms with van der Waals surface area (Å²) in [4.78, 5) is 41.1. The molecule has 8 nitrogen and oxygen atoms in total. The number of phenols is 1. The van der Waals surface area contributed by atoms with E-state index in [0.29, 0.717) is 5.56 Å². The van der Waals surface area contributed by atoms with E-state index in [9.17, 15) is 29.7 Å². The SMILES string of the molecule is CC(=O)N1CSC[C@@]1(C(=O)O)N(Cc1c(C)ccc2ccccc12)[C@@H](Cc1ccc(O)cc1)C(=O)O. The van der Waals surface area contributed by atoms with Gasteiger partial charge in [-0.05, 0) is 52.9 Å². The molecule has 4 rings (SSSR count). The molecule has 36 heavy (non-hydrogen) atoms. The number of carbonyl (C=O) groups excluding carboxylic acids is 1. The Bertz CT molecular complexity index is 1310. The number of fused-ring (bicyclic) bond motifs is 1. The standard InChI is InChI=1S/C27H28N2O6S/c1-17-7-10-20-5-3-4-6-22(20)23(17)14-28(27(26(34)35)15-36-16-29(27)18(2)30)24(25(32)33)13-19-8-11-21(31)12-9-19/h3-12,24,31H,13-16H2,1-2H3,(H,32,33)(H,34,35)/t24-,27+/m0/s1. The van der Waals surface area contributed by atoms with Crippen molar-refractivity contribution in [2.45, 2.75) is 38.5 Å². The van der Waals surface area contributed by atoms with E-state index in [1.54, 1.807) is 12.1 Å². The van der Waals surface area contributed by atoms with Crippen molar-refractivity contribution in [3.05, 3.63) is 77.4 Å². The van der Waals surface area contributed by atoms with Gasteiger partial charge in [-0.15, -0.1) is 11.8 Å². The molecule has 0 radical (unpaired) electrons. The van der Waals surface area contributed by atoms with Gasteiger partial charge in [-0.3, -0.25) is 14.5 Å². The minimum Gasteiger partial charge on any atom is -0.508 e. The second-order valence-corrected chi connectivity index (χ2v) is 9.94. The molecule has 0 aromatic heterocycles. The van der Waals surface area contributed by atoms with Crippen molar-refractivity contribution in [3.63, 3.8) is 0 Å². The highest BCUT2D eigenvalue weighted by molar-refractivity contribution is 7.99. The van der Waals surface area contributed by atoms with Crippen LogP contribution in [0.3, 0.4) is 0 Å². The average molecular weight is 509 g/mol. The molecule has 0 bridgehead atoms. The first kappa shape index (κ1) is 25.5. The van der Waals surface area contributed by atoms with Gasteiger partial charge in [0.2, 0.25) is 11.6 Å². The number of carbonyl (C=O) groups is 3. The predicted octanol–water partition coefficient (Wildman–Crippen LogP) is 3.69. The van der Waals surface area contributed by atoms with E-state index in [4.69, 9.17) is 0 Å². The van der Waals surface area contributed by atoms with Crippen molar-refractivity contribution in [2.75, 3.05) is 11.6 Å². The number of carboxylic acids is 2. The summed E-state index contributed by atoms with van der Waals surface area (Å²) >= 11 is 1.29. The summed E-state index contributed by atoms with van der Waals surface area (Å²) in [6, 6.07) is 16.5. The van der Waals surface area contributed by atoms with Gasteiger partial charge in [0.05, 0.1) is 5.88 Å². The maximum Gasteiger partial charge on any atom is 0.346 e. The van der Waals surface area contributed by atoms with Gasteiger partial charge in [-0.2, -0.15) is 0 Å². The summed E-state index contributed by atoms with van der Waals surface area (Å²) in [5.41, 5.74) is 0.486. The van der Waals surface area contributed by atoms with Crippen LogP contribution in [0, 0.1) is 6.92 Å². The van der Waals surface area contributed by atoms with Crippen LogP contribution in [0.2, 0.25) is 0 Å². The van der Waals surface area contributed by atoms with Gasteiger partial charge in [0, 0.05) is 19.2 Å². The van der Waals surface area contributed by atoms with Crippen LogP contribution in [-0.4, -0.2) is 66.3 Å². The zero-order valence-electron chi connectivity index (χ0n) is 20.0. The van der Waals surface area contributed by atoms with Gasteiger partial charge in [0.15, 0.2) is 0 Å². The summed E-state index contributed by atoms with van der Waals surface area (Å²) in [5, 5.41) is 32.5. The number of benzene rings is 3. The Kier molecular flexibility index (Phi) is 7.23. The molecule has 0 unspecified atom stereocenters. The van der Waals surface area contributed by atoms with Gasteiger partial charge in [-0.1, -0.05) is 48.5 Å². The second-order valence-electron chi connectivity index (χ2n) is 8.98. The van der Waals surface area contributed by atoms with E-state index >= 15 is 0 Å². The second kappa shape index (κ2) is 10.2. The van der Waals surface area contributed by atoms with Gasteiger partial charge < -0.3 is 20.2 Å². The number of aryl methyl sites for hydroxylation is 1. The van der Waals surface area contributed by atoms with Crippen molar-refractivity contribution < 1.29 is 29.7 Å². The third-order valence-corrected chi connectivity index (χ3v) is 7.85. The highest BCUT2D eigenvalue weighted by Crippen LogP contribution is 2.39. The number of rotatable bonds is 8. The monoisotopic (exact) mass is 508 g/mol. The number of aliphatic carboxylic acids is 2. The zero-order valence-corrected chi connectivity index (χ0v) is 20.9. The van der Waals surface area contributed by atoms with Crippen LogP contribution in [0.25, 0.3) is 10.8 Å². The Hall–Kier alpha value is -3.56. The van der Waals surface area contributed by atoms with Crippen LogP contribution < -0.4 is 0 Å². The number of phenolic OH excluding ortho intramolecular Hbond substituents is 1. The van der Waals surface area contributed by atoms with Gasteiger partial charge >= 0.3 is 11.9 Å². The van der Waals surface area contributed by atoms with E-state index in [2.05, 4.69) is 0 Å². The number of hydrogen-bond donors (Lipinski definition) is 3. The fourth-order valence-corrected chi connectivity index (χ4v) is 6.26. The summed E-state index contributed by atoms with van der Waals surface area (Å²) in [6.07, 6.45) is -0.00906. The van der Waals surface area contributed by atoms with Crippen molar-refractivity contribution in [1.29, 1.82) is 0 Å². The van der Waals surface area contributed by atoms with Crippen LogP contribution in [0.5, 0.6) is 5.75 Å². The van der Waals surface area contributed by atoms with Crippen LogP contribution >= 0.6 is 11.8 Å². The molecule has 1 aliphatic rings. The molecule has 188 valence electrons. The van der Waals surface area contributed by atoms with Crippen LogP contribution in [0.15, 0.2) is 60.7 Å². The lowest BCUT2D eigenvalue weighted by Gasteiger charge is -2.45. The van der Waals surface area contributed by atoms with E-state index in [1.807, 2.05) is 43.3 Å². The molecule has 1 fully saturated rings. The number of carboxylic acid groups (broad SMARTS) is 2. The third kappa shape index (κ3) is 4.64. The quantitative estimate of drug-likeness (QED) is 0.422. The molecule has 1 amide bonds. The number of amides is 1. The highest BCUT2D eigenvalue weighted by Gasteiger charge is 2.57. The number of nitrogens with zero attached hydrogens (tertiary/aromatic N) is 2. The van der Waals surface area contributed by atoms with Crippen molar-refractivity contribution in [3.8, 4) is 5.75 Å². The summed E-state index contributed by atoms with van der Waals surface area (Å²) in [6.45, 7) is 3.23. The molecule has 3 N–H and O–H groups in total. The number of hydrogen-bond acceptors (Lipinski definition) is 6. The van der Waals surface area contributed by atoms with Crippen molar-refractivity contribution in [1.82, 2.24) is 9.80 Å². The first-order chi connectivity index (χ1) is 17.1. The molecule has 1 heterocycles. The Labute approximate surface area is 213 Å². The Morgan fingerprint density at radius 3 is 2.39 bits per heavy atom. The molecule has 2 atom stereocenters. The number of thioether (sulfide) groups is 1. The van der Waals surface area contributed by atoms with Gasteiger partial charge in [0.1, 0.15) is 11.8 Å². The van der Waals surface area contributed by atoms with Crippen LogP contribution in [0.4, 0.5) is 0 Å². The maximum atomic E-state index is 13.0. The zero-order chi connectivity index (χ0) is 26.0. The van der Waals surface area contributed by atoms with E-state index < -0.39 is 29.6 Å². The van der Waals surface area contributed by atoms with Gasteiger partial charge in [0.25, 0.3) is 0 Å². The smallest absolute Gasteiger partial charge is 0.346 e.